The van der Waals surface area contributed by atoms with E-state index in [1.54, 1.807) is 36.4 Å². The molecule has 148 valence electrons. The van der Waals surface area contributed by atoms with Gasteiger partial charge in [-0.1, -0.05) is 18.2 Å². The molecule has 0 spiro atoms. The topological polar surface area (TPSA) is 71.3 Å². The van der Waals surface area contributed by atoms with Crippen LogP contribution in [-0.4, -0.2) is 11.8 Å². The van der Waals surface area contributed by atoms with Gasteiger partial charge in [0.25, 0.3) is 11.8 Å². The molecule has 3 aromatic rings. The van der Waals surface area contributed by atoms with Crippen LogP contribution < -0.4 is 10.6 Å². The van der Waals surface area contributed by atoms with Crippen molar-refractivity contribution in [3.05, 3.63) is 100 Å². The summed E-state index contributed by atoms with van der Waals surface area (Å²) in [6.07, 6.45) is 2.93. The van der Waals surface area contributed by atoms with E-state index in [2.05, 4.69) is 10.6 Å². The van der Waals surface area contributed by atoms with Crippen LogP contribution in [-0.2, 0) is 11.3 Å². The molecule has 3 rings (SSSR count). The van der Waals surface area contributed by atoms with E-state index in [0.29, 0.717) is 11.3 Å². The first-order valence-corrected chi connectivity index (χ1v) is 9.09. The molecule has 0 atom stereocenters. The first kappa shape index (κ1) is 20.1. The van der Waals surface area contributed by atoms with Crippen molar-refractivity contribution in [1.82, 2.24) is 10.6 Å². The number of carbonyl (C=O) groups excluding carboxylic acids is 2. The van der Waals surface area contributed by atoms with Crippen molar-refractivity contribution in [3.8, 4) is 0 Å². The highest BCUT2D eigenvalue weighted by Gasteiger charge is 2.15. The second kappa shape index (κ2) is 9.01. The van der Waals surface area contributed by atoms with E-state index in [-0.39, 0.29) is 18.1 Å². The van der Waals surface area contributed by atoms with Gasteiger partial charge in [0.2, 0.25) is 0 Å². The fourth-order valence-electron chi connectivity index (χ4n) is 2.63. The molecule has 0 bridgehead atoms. The van der Waals surface area contributed by atoms with Crippen LogP contribution in [0.1, 0.15) is 32.8 Å². The lowest BCUT2D eigenvalue weighted by atomic mass is 10.1. The fraction of sp³-hybridized carbons (Fsp3) is 0.130. The molecule has 0 saturated carbocycles. The Kier molecular flexibility index (Phi) is 6.24. The Balaban J connectivity index is 1.76. The maximum atomic E-state index is 13.0. The minimum Gasteiger partial charge on any atom is -0.465 e. The zero-order valence-corrected chi connectivity index (χ0v) is 16.2. The van der Waals surface area contributed by atoms with Crippen molar-refractivity contribution in [2.24, 2.45) is 0 Å². The van der Waals surface area contributed by atoms with Gasteiger partial charge in [-0.3, -0.25) is 9.59 Å². The zero-order chi connectivity index (χ0) is 20.8. The van der Waals surface area contributed by atoms with Gasteiger partial charge in [-0.15, -0.1) is 0 Å². The van der Waals surface area contributed by atoms with Crippen molar-refractivity contribution >= 4 is 17.9 Å². The predicted octanol–water partition coefficient (Wildman–Crippen LogP) is 4.12. The van der Waals surface area contributed by atoms with Gasteiger partial charge < -0.3 is 15.1 Å². The van der Waals surface area contributed by atoms with Gasteiger partial charge >= 0.3 is 0 Å². The van der Waals surface area contributed by atoms with E-state index in [1.807, 2.05) is 19.9 Å². The molecule has 0 unspecified atom stereocenters. The third-order valence-corrected chi connectivity index (χ3v) is 4.46. The normalized spacial score (nSPS) is 11.2. The SMILES string of the molecule is Cc1ccc(C(=O)NC(=Cc2ccco2)C(=O)NCc2ccc(F)cc2)cc1C. The molecule has 0 aliphatic heterocycles. The smallest absolute Gasteiger partial charge is 0.268 e. The van der Waals surface area contributed by atoms with Crippen molar-refractivity contribution in [3.63, 3.8) is 0 Å². The van der Waals surface area contributed by atoms with Crippen LogP contribution in [0.3, 0.4) is 0 Å². The Morgan fingerprint density at radius 2 is 1.79 bits per heavy atom. The number of aryl methyl sites for hydroxylation is 2. The van der Waals surface area contributed by atoms with Gasteiger partial charge in [-0.25, -0.2) is 4.39 Å². The number of halogens is 1. The first-order chi connectivity index (χ1) is 13.9. The molecule has 6 heteroatoms. The number of amides is 2. The molecule has 2 amide bonds. The molecule has 1 heterocycles. The van der Waals surface area contributed by atoms with Gasteiger partial charge in [0.05, 0.1) is 6.26 Å². The summed E-state index contributed by atoms with van der Waals surface area (Å²) in [4.78, 5) is 25.3. The number of carbonyl (C=O) groups is 2. The third kappa shape index (κ3) is 5.42. The maximum absolute atomic E-state index is 13.0. The number of rotatable bonds is 6. The lowest BCUT2D eigenvalue weighted by Gasteiger charge is -2.12. The molecule has 5 nitrogen and oxygen atoms in total. The summed E-state index contributed by atoms with van der Waals surface area (Å²) >= 11 is 0. The van der Waals surface area contributed by atoms with Gasteiger partial charge in [-0.2, -0.15) is 0 Å². The fourth-order valence-corrected chi connectivity index (χ4v) is 2.63. The second-order valence-electron chi connectivity index (χ2n) is 6.64. The summed E-state index contributed by atoms with van der Waals surface area (Å²) in [6.45, 7) is 4.07. The largest absolute Gasteiger partial charge is 0.465 e. The Labute approximate surface area is 168 Å². The highest BCUT2D eigenvalue weighted by Crippen LogP contribution is 2.12. The monoisotopic (exact) mass is 392 g/mol. The Hall–Kier alpha value is -3.67. The van der Waals surface area contributed by atoms with Crippen molar-refractivity contribution < 1.29 is 18.4 Å². The zero-order valence-electron chi connectivity index (χ0n) is 16.2. The highest BCUT2D eigenvalue weighted by molar-refractivity contribution is 6.05. The molecule has 0 aliphatic carbocycles. The molecule has 1 aromatic heterocycles. The molecular weight excluding hydrogens is 371 g/mol. The van der Waals surface area contributed by atoms with Crippen LogP contribution in [0.5, 0.6) is 0 Å². The summed E-state index contributed by atoms with van der Waals surface area (Å²) in [6, 6.07) is 14.5. The summed E-state index contributed by atoms with van der Waals surface area (Å²) in [5.74, 6) is -0.804. The maximum Gasteiger partial charge on any atom is 0.268 e. The van der Waals surface area contributed by atoms with E-state index in [0.717, 1.165) is 16.7 Å². The standard InChI is InChI=1S/C23H21FN2O3/c1-15-5-8-18(12-16(15)2)22(27)26-21(13-20-4-3-11-29-20)23(28)25-14-17-6-9-19(24)10-7-17/h3-13H,14H2,1-2H3,(H,25,28)(H,26,27). The minimum atomic E-state index is -0.483. The Morgan fingerprint density at radius 3 is 2.45 bits per heavy atom. The first-order valence-electron chi connectivity index (χ1n) is 9.09. The average molecular weight is 392 g/mol. The number of hydrogen-bond donors (Lipinski definition) is 2. The van der Waals surface area contributed by atoms with Gasteiger partial charge in [0, 0.05) is 18.2 Å². The number of nitrogens with one attached hydrogen (secondary N) is 2. The van der Waals surface area contributed by atoms with Gasteiger partial charge in [0.1, 0.15) is 17.3 Å². The summed E-state index contributed by atoms with van der Waals surface area (Å²) in [5, 5.41) is 5.38. The van der Waals surface area contributed by atoms with E-state index in [1.165, 1.54) is 24.5 Å². The van der Waals surface area contributed by atoms with Crippen LogP contribution >= 0.6 is 0 Å². The number of benzene rings is 2. The summed E-state index contributed by atoms with van der Waals surface area (Å²) < 4.78 is 18.3. The number of furan rings is 1. The van der Waals surface area contributed by atoms with Crippen molar-refractivity contribution in [2.45, 2.75) is 20.4 Å². The molecular formula is C23H21FN2O3. The van der Waals surface area contributed by atoms with Crippen LogP contribution in [0, 0.1) is 19.7 Å². The second-order valence-corrected chi connectivity index (χ2v) is 6.64. The lowest BCUT2D eigenvalue weighted by molar-refractivity contribution is -0.117. The van der Waals surface area contributed by atoms with Crippen molar-refractivity contribution in [1.29, 1.82) is 0 Å². The quantitative estimate of drug-likeness (QED) is 0.620. The van der Waals surface area contributed by atoms with E-state index in [4.69, 9.17) is 4.42 Å². The molecule has 0 saturated heterocycles. The Bertz CT molecular complexity index is 1040. The van der Waals surface area contributed by atoms with E-state index < -0.39 is 11.8 Å². The molecule has 2 N–H and O–H groups in total. The van der Waals surface area contributed by atoms with Crippen LogP contribution in [0.25, 0.3) is 6.08 Å². The molecule has 29 heavy (non-hydrogen) atoms. The van der Waals surface area contributed by atoms with Gasteiger partial charge in [-0.05, 0) is 66.9 Å². The summed E-state index contributed by atoms with van der Waals surface area (Å²) in [7, 11) is 0. The number of hydrogen-bond acceptors (Lipinski definition) is 3. The molecule has 0 radical (unpaired) electrons. The van der Waals surface area contributed by atoms with Crippen LogP contribution in [0.4, 0.5) is 4.39 Å². The lowest BCUT2D eigenvalue weighted by Crippen LogP contribution is -2.34. The molecule has 0 aliphatic rings. The predicted molar refractivity (Wildman–Crippen MR) is 108 cm³/mol. The minimum absolute atomic E-state index is 0.0466. The van der Waals surface area contributed by atoms with E-state index in [9.17, 15) is 14.0 Å². The third-order valence-electron chi connectivity index (χ3n) is 4.46. The highest BCUT2D eigenvalue weighted by atomic mass is 19.1. The summed E-state index contributed by atoms with van der Waals surface area (Å²) in [5.41, 5.74) is 3.28. The van der Waals surface area contributed by atoms with Crippen LogP contribution in [0.15, 0.2) is 71.0 Å². The van der Waals surface area contributed by atoms with Gasteiger partial charge in [0.15, 0.2) is 0 Å². The Morgan fingerprint density at radius 1 is 1.03 bits per heavy atom. The molecule has 2 aromatic carbocycles. The van der Waals surface area contributed by atoms with Crippen LogP contribution in [0.2, 0.25) is 0 Å². The molecule has 0 fully saturated rings. The van der Waals surface area contributed by atoms with E-state index >= 15 is 0 Å². The van der Waals surface area contributed by atoms with Crippen molar-refractivity contribution in [2.75, 3.05) is 0 Å². The average Bonchev–Trinajstić information content (AvgIpc) is 3.22.